The second-order valence-electron chi connectivity index (χ2n) is 9.44. The van der Waals surface area contributed by atoms with E-state index in [-0.39, 0.29) is 12.3 Å². The third-order valence-electron chi connectivity index (χ3n) is 5.27. The fourth-order valence-electron chi connectivity index (χ4n) is 2.92. The molecular weight excluding hydrogens is 426 g/mol. The van der Waals surface area contributed by atoms with Gasteiger partial charge in [-0.15, -0.1) is 0 Å². The van der Waals surface area contributed by atoms with Gasteiger partial charge < -0.3 is 20.6 Å². The molecule has 0 saturated heterocycles. The first-order valence-electron chi connectivity index (χ1n) is 11.3. The van der Waals surface area contributed by atoms with Crippen LogP contribution in [0.4, 0.5) is 10.5 Å². The molecule has 0 saturated carbocycles. The smallest absolute Gasteiger partial charge is 0.431 e. The summed E-state index contributed by atoms with van der Waals surface area (Å²) >= 11 is 0. The Morgan fingerprint density at radius 1 is 0.848 bits per heavy atom. The molecule has 9 nitrogen and oxygen atoms in total. The lowest BCUT2D eigenvalue weighted by molar-refractivity contribution is -0.147. The van der Waals surface area contributed by atoms with Crippen molar-refractivity contribution in [3.05, 3.63) is 30.3 Å². The summed E-state index contributed by atoms with van der Waals surface area (Å²) < 4.78 is 0. The lowest BCUT2D eigenvalue weighted by atomic mass is 9.83. The number of carbonyl (C=O) groups excluding carboxylic acids is 3. The highest BCUT2D eigenvalue weighted by molar-refractivity contribution is 5.90. The number of hydroxylamine groups is 1. The molecule has 0 bridgehead atoms. The second-order valence-corrected chi connectivity index (χ2v) is 9.44. The summed E-state index contributed by atoms with van der Waals surface area (Å²) in [5.41, 5.74) is 1.30. The number of carboxylic acid groups (broad SMARTS) is 1. The molecule has 1 rings (SSSR count). The zero-order valence-electron chi connectivity index (χ0n) is 20.0. The molecule has 0 fully saturated rings. The second kappa shape index (κ2) is 13.4. The van der Waals surface area contributed by atoms with E-state index in [9.17, 15) is 24.3 Å². The maximum absolute atomic E-state index is 11.9. The van der Waals surface area contributed by atoms with Gasteiger partial charge in [0, 0.05) is 24.1 Å². The summed E-state index contributed by atoms with van der Waals surface area (Å²) in [6.45, 7) is 6.77. The number of benzene rings is 1. The molecule has 0 atom stereocenters. The van der Waals surface area contributed by atoms with Gasteiger partial charge in [-0.25, -0.2) is 4.79 Å². The first kappa shape index (κ1) is 27.9. The van der Waals surface area contributed by atoms with Crippen LogP contribution in [0.5, 0.6) is 0 Å². The largest absolute Gasteiger partial charge is 0.481 e. The quantitative estimate of drug-likeness (QED) is 0.253. The number of carbonyl (C=O) groups is 4. The minimum absolute atomic E-state index is 0.0344. The van der Waals surface area contributed by atoms with Crippen LogP contribution in [-0.4, -0.2) is 34.5 Å². The van der Waals surface area contributed by atoms with Crippen molar-refractivity contribution in [2.45, 2.75) is 84.6 Å². The van der Waals surface area contributed by atoms with Crippen LogP contribution >= 0.6 is 0 Å². The highest BCUT2D eigenvalue weighted by Gasteiger charge is 2.31. The molecule has 4 N–H and O–H groups in total. The first-order chi connectivity index (χ1) is 15.4. The predicted octanol–water partition coefficient (Wildman–Crippen LogP) is 4.39. The zero-order chi connectivity index (χ0) is 24.9. The van der Waals surface area contributed by atoms with Crippen molar-refractivity contribution in [2.24, 2.45) is 5.41 Å². The minimum atomic E-state index is -0.900. The van der Waals surface area contributed by atoms with E-state index in [2.05, 4.69) is 16.1 Å². The molecule has 0 heterocycles. The molecule has 3 amide bonds. The topological polar surface area (TPSA) is 134 Å². The lowest BCUT2D eigenvalue weighted by Crippen LogP contribution is -2.46. The molecule has 0 unspecified atom stereocenters. The number of para-hydroxylation sites is 1. The number of unbranched alkanes of at least 4 members (excludes halogenated alkanes) is 3. The van der Waals surface area contributed by atoms with Crippen LogP contribution < -0.4 is 16.1 Å². The van der Waals surface area contributed by atoms with Crippen molar-refractivity contribution in [3.63, 3.8) is 0 Å². The molecular formula is C24H37N3O6. The molecule has 0 radical (unpaired) electrons. The Bertz CT molecular complexity index is 793. The lowest BCUT2D eigenvalue weighted by Gasteiger charge is -2.29. The van der Waals surface area contributed by atoms with E-state index in [1.165, 1.54) is 0 Å². The number of rotatable bonds is 13. The summed E-state index contributed by atoms with van der Waals surface area (Å²) in [6.07, 6.45) is 3.58. The van der Waals surface area contributed by atoms with Crippen LogP contribution in [-0.2, 0) is 19.2 Å². The van der Waals surface area contributed by atoms with E-state index in [1.54, 1.807) is 27.7 Å². The van der Waals surface area contributed by atoms with E-state index in [0.717, 1.165) is 24.9 Å². The average Bonchev–Trinajstić information content (AvgIpc) is 2.74. The fraction of sp³-hybridized carbons (Fsp3) is 0.583. The molecule has 184 valence electrons. The third-order valence-corrected chi connectivity index (χ3v) is 5.27. The third kappa shape index (κ3) is 12.5. The van der Waals surface area contributed by atoms with Crippen LogP contribution in [0.15, 0.2) is 30.3 Å². The minimum Gasteiger partial charge on any atom is -0.481 e. The molecule has 0 aromatic heterocycles. The number of hydrogen-bond acceptors (Lipinski definition) is 5. The van der Waals surface area contributed by atoms with Crippen LogP contribution in [0.2, 0.25) is 0 Å². The highest BCUT2D eigenvalue weighted by Crippen LogP contribution is 2.26. The summed E-state index contributed by atoms with van der Waals surface area (Å²) in [6, 6.07) is 9.27. The number of nitrogens with one attached hydrogen (secondary N) is 3. The van der Waals surface area contributed by atoms with Crippen LogP contribution in [0.3, 0.4) is 0 Å². The number of amides is 3. The highest BCUT2D eigenvalue weighted by atomic mass is 16.7. The molecule has 9 heteroatoms. The SMILES string of the molecule is CC(C)(CCC(C)(C)C(=O)O)NC(=O)ONC(=O)CCCCCCC(=O)Nc1ccccc1. The number of aliphatic carboxylic acids is 1. The molecule has 0 spiro atoms. The van der Waals surface area contributed by atoms with Gasteiger partial charge in [0.25, 0.3) is 5.91 Å². The molecule has 33 heavy (non-hydrogen) atoms. The van der Waals surface area contributed by atoms with Gasteiger partial charge in [0.1, 0.15) is 0 Å². The number of hydrogen-bond donors (Lipinski definition) is 4. The van der Waals surface area contributed by atoms with Gasteiger partial charge in [0.05, 0.1) is 5.41 Å². The summed E-state index contributed by atoms with van der Waals surface area (Å²) in [4.78, 5) is 51.6. The molecule has 1 aromatic carbocycles. The van der Waals surface area contributed by atoms with Gasteiger partial charge in [-0.1, -0.05) is 31.0 Å². The summed E-state index contributed by atoms with van der Waals surface area (Å²) in [5, 5.41) is 14.6. The van der Waals surface area contributed by atoms with E-state index < -0.39 is 28.9 Å². The van der Waals surface area contributed by atoms with Gasteiger partial charge in [-0.3, -0.25) is 14.4 Å². The van der Waals surface area contributed by atoms with Crippen molar-refractivity contribution in [1.82, 2.24) is 10.8 Å². The Balaban J connectivity index is 2.13. The Labute approximate surface area is 195 Å². The number of carboxylic acids is 1. The average molecular weight is 464 g/mol. The van der Waals surface area contributed by atoms with E-state index in [0.29, 0.717) is 25.7 Å². The van der Waals surface area contributed by atoms with Crippen molar-refractivity contribution < 1.29 is 29.1 Å². The van der Waals surface area contributed by atoms with Crippen LogP contribution in [0, 0.1) is 5.41 Å². The van der Waals surface area contributed by atoms with Crippen molar-refractivity contribution in [1.29, 1.82) is 0 Å². The normalized spacial score (nSPS) is 11.4. The van der Waals surface area contributed by atoms with Crippen LogP contribution in [0.1, 0.15) is 79.1 Å². The standard InChI is InChI=1S/C24H37N3O6/c1-23(2,21(30)31)16-17-24(3,4)26-22(32)33-27-20(29)15-11-6-5-10-14-19(28)25-18-12-8-7-9-13-18/h7-9,12-13H,5-6,10-11,14-17H2,1-4H3,(H,25,28)(H,26,32)(H,27,29)(H,30,31). The van der Waals surface area contributed by atoms with Gasteiger partial charge >= 0.3 is 12.1 Å². The summed E-state index contributed by atoms with van der Waals surface area (Å²) in [7, 11) is 0. The maximum Gasteiger partial charge on any atom is 0.431 e. The van der Waals surface area contributed by atoms with Gasteiger partial charge in [0.2, 0.25) is 5.91 Å². The Hall–Kier alpha value is -3.10. The van der Waals surface area contributed by atoms with Gasteiger partial charge in [-0.05, 0) is 65.5 Å². The Morgan fingerprint density at radius 2 is 1.42 bits per heavy atom. The fourth-order valence-corrected chi connectivity index (χ4v) is 2.92. The maximum atomic E-state index is 11.9. The van der Waals surface area contributed by atoms with Crippen molar-refractivity contribution in [2.75, 3.05) is 5.32 Å². The molecule has 1 aromatic rings. The Morgan fingerprint density at radius 3 is 2.00 bits per heavy atom. The Kier molecular flexibility index (Phi) is 11.4. The summed E-state index contributed by atoms with van der Waals surface area (Å²) in [5.74, 6) is -1.34. The van der Waals surface area contributed by atoms with E-state index >= 15 is 0 Å². The van der Waals surface area contributed by atoms with Gasteiger partial charge in [0.15, 0.2) is 0 Å². The predicted molar refractivity (Wildman–Crippen MR) is 125 cm³/mol. The molecule has 0 aliphatic carbocycles. The first-order valence-corrected chi connectivity index (χ1v) is 11.3. The number of anilines is 1. The van der Waals surface area contributed by atoms with Gasteiger partial charge in [-0.2, -0.15) is 5.48 Å². The zero-order valence-corrected chi connectivity index (χ0v) is 20.0. The molecule has 0 aliphatic rings. The molecule has 0 aliphatic heterocycles. The van der Waals surface area contributed by atoms with E-state index in [1.807, 2.05) is 30.3 Å². The van der Waals surface area contributed by atoms with Crippen molar-refractivity contribution in [3.8, 4) is 0 Å². The van der Waals surface area contributed by atoms with Crippen LogP contribution in [0.25, 0.3) is 0 Å². The monoisotopic (exact) mass is 463 g/mol. The van der Waals surface area contributed by atoms with E-state index in [4.69, 9.17) is 4.84 Å². The van der Waals surface area contributed by atoms with Crippen molar-refractivity contribution >= 4 is 29.6 Å².